The predicted molar refractivity (Wildman–Crippen MR) is 71.6 cm³/mol. The van der Waals surface area contributed by atoms with E-state index in [2.05, 4.69) is 6.92 Å². The molecule has 1 aliphatic carbocycles. The molecule has 1 aromatic rings. The van der Waals surface area contributed by atoms with Crippen LogP contribution in [0.4, 0.5) is 13.2 Å². The summed E-state index contributed by atoms with van der Waals surface area (Å²) < 4.78 is 37.9. The zero-order chi connectivity index (χ0) is 14.9. The molecular weight excluding hydrogens is 265 g/mol. The lowest BCUT2D eigenvalue weighted by Crippen LogP contribution is -2.22. The Balaban J connectivity index is 2.22. The number of carbonyl (C=O) groups excluding carboxylic acids is 1. The molecule has 0 saturated heterocycles. The topological polar surface area (TPSA) is 17.1 Å². The van der Waals surface area contributed by atoms with E-state index in [4.69, 9.17) is 0 Å². The SMILES string of the molecule is Cc1cc(C(F)(F)F)ccc1C(=O)C1CCCC(C)C1. The lowest BCUT2D eigenvalue weighted by atomic mass is 9.78. The minimum Gasteiger partial charge on any atom is -0.294 e. The van der Waals surface area contributed by atoms with Crippen LogP contribution in [0.3, 0.4) is 0 Å². The quantitative estimate of drug-likeness (QED) is 0.697. The second-order valence-electron chi connectivity index (χ2n) is 5.86. The van der Waals surface area contributed by atoms with Crippen LogP contribution >= 0.6 is 0 Å². The summed E-state index contributed by atoms with van der Waals surface area (Å²) in [5, 5.41) is 0. The lowest BCUT2D eigenvalue weighted by molar-refractivity contribution is -0.137. The number of Topliss-reactive ketones (excluding diaryl/α,β-unsaturated/α-hetero) is 1. The molecule has 0 aliphatic heterocycles. The molecule has 1 aromatic carbocycles. The minimum atomic E-state index is -4.36. The van der Waals surface area contributed by atoms with Crippen LogP contribution in [0.15, 0.2) is 18.2 Å². The second kappa shape index (κ2) is 5.58. The van der Waals surface area contributed by atoms with Gasteiger partial charge in [-0.15, -0.1) is 0 Å². The van der Waals surface area contributed by atoms with Gasteiger partial charge in [-0.3, -0.25) is 4.79 Å². The molecule has 0 bridgehead atoms. The van der Waals surface area contributed by atoms with Crippen LogP contribution in [0.25, 0.3) is 0 Å². The van der Waals surface area contributed by atoms with E-state index in [-0.39, 0.29) is 11.7 Å². The van der Waals surface area contributed by atoms with Crippen molar-refractivity contribution >= 4 is 5.78 Å². The molecule has 0 aromatic heterocycles. The number of hydrogen-bond acceptors (Lipinski definition) is 1. The first kappa shape index (κ1) is 15.1. The van der Waals surface area contributed by atoms with Gasteiger partial charge >= 0.3 is 6.18 Å². The van der Waals surface area contributed by atoms with Crippen molar-refractivity contribution in [2.45, 2.75) is 45.7 Å². The molecule has 110 valence electrons. The maximum absolute atomic E-state index is 12.6. The number of ketones is 1. The zero-order valence-corrected chi connectivity index (χ0v) is 11.8. The van der Waals surface area contributed by atoms with Crippen molar-refractivity contribution < 1.29 is 18.0 Å². The Hall–Kier alpha value is -1.32. The molecule has 1 nitrogen and oxygen atoms in total. The fourth-order valence-electron chi connectivity index (χ4n) is 3.01. The minimum absolute atomic E-state index is 0.00257. The number of rotatable bonds is 2. The fraction of sp³-hybridized carbons (Fsp3) is 0.562. The van der Waals surface area contributed by atoms with E-state index in [0.717, 1.165) is 37.8 Å². The molecule has 2 rings (SSSR count). The van der Waals surface area contributed by atoms with Crippen molar-refractivity contribution in [3.63, 3.8) is 0 Å². The normalized spacial score (nSPS) is 23.6. The molecule has 0 N–H and O–H groups in total. The number of hydrogen-bond donors (Lipinski definition) is 0. The van der Waals surface area contributed by atoms with Gasteiger partial charge in [0.2, 0.25) is 0 Å². The van der Waals surface area contributed by atoms with Crippen molar-refractivity contribution in [1.29, 1.82) is 0 Å². The highest BCUT2D eigenvalue weighted by Gasteiger charge is 2.32. The van der Waals surface area contributed by atoms with E-state index >= 15 is 0 Å². The summed E-state index contributed by atoms with van der Waals surface area (Å²) in [6.45, 7) is 3.70. The van der Waals surface area contributed by atoms with Gasteiger partial charge in [0.15, 0.2) is 5.78 Å². The Labute approximate surface area is 117 Å². The maximum Gasteiger partial charge on any atom is 0.416 e. The van der Waals surface area contributed by atoms with E-state index in [1.165, 1.54) is 6.07 Å². The van der Waals surface area contributed by atoms with Gasteiger partial charge < -0.3 is 0 Å². The third kappa shape index (κ3) is 3.22. The second-order valence-corrected chi connectivity index (χ2v) is 5.86. The fourth-order valence-corrected chi connectivity index (χ4v) is 3.01. The highest BCUT2D eigenvalue weighted by Crippen LogP contribution is 2.34. The largest absolute Gasteiger partial charge is 0.416 e. The molecule has 0 radical (unpaired) electrons. The van der Waals surface area contributed by atoms with Gasteiger partial charge in [0.25, 0.3) is 0 Å². The Morgan fingerprint density at radius 1 is 1.25 bits per heavy atom. The summed E-state index contributed by atoms with van der Waals surface area (Å²) in [6.07, 6.45) is -0.498. The van der Waals surface area contributed by atoms with Crippen molar-refractivity contribution in [1.82, 2.24) is 0 Å². The first-order chi connectivity index (χ1) is 9.29. The smallest absolute Gasteiger partial charge is 0.294 e. The summed E-state index contributed by atoms with van der Waals surface area (Å²) in [5.41, 5.74) is 0.170. The van der Waals surface area contributed by atoms with E-state index in [1.807, 2.05) is 0 Å². The first-order valence-corrected chi connectivity index (χ1v) is 7.01. The van der Waals surface area contributed by atoms with E-state index in [1.54, 1.807) is 6.92 Å². The monoisotopic (exact) mass is 284 g/mol. The summed E-state index contributed by atoms with van der Waals surface area (Å²) in [6, 6.07) is 3.41. The molecular formula is C16H19F3O. The van der Waals surface area contributed by atoms with Crippen LogP contribution < -0.4 is 0 Å². The molecule has 4 heteroatoms. The summed E-state index contributed by atoms with van der Waals surface area (Å²) in [7, 11) is 0. The Morgan fingerprint density at radius 3 is 2.50 bits per heavy atom. The summed E-state index contributed by atoms with van der Waals surface area (Å²) in [5.74, 6) is 0.490. The standard InChI is InChI=1S/C16H19F3O/c1-10-4-3-5-12(8-10)15(20)14-7-6-13(9-11(14)2)16(17,18)19/h6-7,9-10,12H,3-5,8H2,1-2H3. The first-order valence-electron chi connectivity index (χ1n) is 7.01. The van der Waals surface area contributed by atoms with E-state index < -0.39 is 11.7 Å². The number of benzene rings is 1. The molecule has 2 unspecified atom stereocenters. The average molecular weight is 284 g/mol. The van der Waals surface area contributed by atoms with Crippen LogP contribution in [0.2, 0.25) is 0 Å². The number of aryl methyl sites for hydroxylation is 1. The third-order valence-electron chi connectivity index (χ3n) is 4.13. The van der Waals surface area contributed by atoms with Crippen LogP contribution in [-0.2, 0) is 6.18 Å². The zero-order valence-electron chi connectivity index (χ0n) is 11.8. The summed E-state index contributed by atoms with van der Waals surface area (Å²) in [4.78, 5) is 12.4. The third-order valence-corrected chi connectivity index (χ3v) is 4.13. The van der Waals surface area contributed by atoms with Crippen LogP contribution in [0, 0.1) is 18.8 Å². The number of carbonyl (C=O) groups is 1. The molecule has 2 atom stereocenters. The molecule has 1 saturated carbocycles. The Morgan fingerprint density at radius 2 is 1.95 bits per heavy atom. The molecule has 0 spiro atoms. The Kier molecular flexibility index (Phi) is 4.21. The molecule has 20 heavy (non-hydrogen) atoms. The van der Waals surface area contributed by atoms with Crippen molar-refractivity contribution in [3.8, 4) is 0 Å². The van der Waals surface area contributed by atoms with Gasteiger partial charge in [-0.25, -0.2) is 0 Å². The number of alkyl halides is 3. The molecule has 1 fully saturated rings. The molecule has 1 aliphatic rings. The highest BCUT2D eigenvalue weighted by molar-refractivity contribution is 5.99. The van der Waals surface area contributed by atoms with Crippen LogP contribution in [0.1, 0.15) is 54.1 Å². The van der Waals surface area contributed by atoms with Gasteiger partial charge in [-0.2, -0.15) is 13.2 Å². The lowest BCUT2D eigenvalue weighted by Gasteiger charge is -2.26. The summed E-state index contributed by atoms with van der Waals surface area (Å²) >= 11 is 0. The van der Waals surface area contributed by atoms with Crippen LogP contribution in [-0.4, -0.2) is 5.78 Å². The van der Waals surface area contributed by atoms with Crippen molar-refractivity contribution in [3.05, 3.63) is 34.9 Å². The van der Waals surface area contributed by atoms with Gasteiger partial charge in [-0.05, 0) is 43.4 Å². The van der Waals surface area contributed by atoms with Crippen LogP contribution in [0.5, 0.6) is 0 Å². The number of halogens is 3. The molecule has 0 heterocycles. The maximum atomic E-state index is 12.6. The van der Waals surface area contributed by atoms with Crippen molar-refractivity contribution in [2.24, 2.45) is 11.8 Å². The average Bonchev–Trinajstić information content (AvgIpc) is 2.36. The highest BCUT2D eigenvalue weighted by atomic mass is 19.4. The van der Waals surface area contributed by atoms with E-state index in [9.17, 15) is 18.0 Å². The van der Waals surface area contributed by atoms with Gasteiger partial charge in [0.05, 0.1) is 5.56 Å². The molecule has 0 amide bonds. The van der Waals surface area contributed by atoms with Gasteiger partial charge in [0.1, 0.15) is 0 Å². The van der Waals surface area contributed by atoms with Gasteiger partial charge in [0, 0.05) is 11.5 Å². The van der Waals surface area contributed by atoms with Gasteiger partial charge in [-0.1, -0.05) is 25.8 Å². The van der Waals surface area contributed by atoms with Crippen molar-refractivity contribution in [2.75, 3.05) is 0 Å². The predicted octanol–water partition coefficient (Wildman–Crippen LogP) is 5.02. The Bertz CT molecular complexity index is 505. The van der Waals surface area contributed by atoms with E-state index in [0.29, 0.717) is 17.0 Å².